The van der Waals surface area contributed by atoms with E-state index in [2.05, 4.69) is 10.5 Å². The van der Waals surface area contributed by atoms with Crippen molar-refractivity contribution in [3.05, 3.63) is 57.8 Å². The fraction of sp³-hybridized carbons (Fsp3) is 0.0769. The largest absolute Gasteiger partial charge is 0.497 e. The number of nitrogens with zero attached hydrogens (tertiary/aromatic N) is 2. The molecular weight excluding hydrogens is 278 g/mol. The Morgan fingerprint density at radius 2 is 2.05 bits per heavy atom. The van der Waals surface area contributed by atoms with Crippen molar-refractivity contribution in [3.8, 4) is 5.75 Å². The highest BCUT2D eigenvalue weighted by Crippen LogP contribution is 2.14. The first-order valence-corrected chi connectivity index (χ1v) is 5.82. The van der Waals surface area contributed by atoms with E-state index in [4.69, 9.17) is 9.15 Å². The number of ether oxygens (including phenoxy) is 1. The van der Waals surface area contributed by atoms with Crippen LogP contribution in [-0.2, 0) is 0 Å². The van der Waals surface area contributed by atoms with Gasteiger partial charge in [-0.15, -0.1) is 0 Å². The van der Waals surface area contributed by atoms with Gasteiger partial charge in [-0.1, -0.05) is 0 Å². The molecule has 1 heterocycles. The molecule has 8 nitrogen and oxygen atoms in total. The summed E-state index contributed by atoms with van der Waals surface area (Å²) >= 11 is 0. The van der Waals surface area contributed by atoms with Crippen LogP contribution >= 0.6 is 0 Å². The molecule has 0 unspecified atom stereocenters. The van der Waals surface area contributed by atoms with Gasteiger partial charge in [0.05, 0.1) is 19.4 Å². The van der Waals surface area contributed by atoms with Crippen LogP contribution in [-0.4, -0.2) is 24.2 Å². The third kappa shape index (κ3) is 3.66. The fourth-order valence-corrected chi connectivity index (χ4v) is 1.47. The summed E-state index contributed by atoms with van der Waals surface area (Å²) in [6, 6.07) is 9.04. The third-order valence-corrected chi connectivity index (χ3v) is 2.50. The number of rotatable bonds is 5. The van der Waals surface area contributed by atoms with Crippen molar-refractivity contribution in [3.63, 3.8) is 0 Å². The SMILES string of the molecule is COc1ccc(C(=O)N/N=C/c2ccc([N+](=O)[O-])o2)cc1. The molecular formula is C13H11N3O5. The van der Waals surface area contributed by atoms with Crippen LogP contribution < -0.4 is 10.2 Å². The molecule has 0 atom stereocenters. The number of hydrogen-bond donors (Lipinski definition) is 1. The number of nitrogens with one attached hydrogen (secondary N) is 1. The minimum absolute atomic E-state index is 0.164. The Balaban J connectivity index is 1.95. The minimum Gasteiger partial charge on any atom is -0.497 e. The number of carbonyl (C=O) groups excluding carboxylic acids is 1. The number of nitro groups is 1. The van der Waals surface area contributed by atoms with Crippen LogP contribution in [0.2, 0.25) is 0 Å². The molecule has 0 saturated carbocycles. The molecule has 0 spiro atoms. The van der Waals surface area contributed by atoms with E-state index in [0.29, 0.717) is 11.3 Å². The second-order valence-electron chi connectivity index (χ2n) is 3.86. The van der Waals surface area contributed by atoms with Crippen LogP contribution in [0.1, 0.15) is 16.1 Å². The Labute approximate surface area is 119 Å². The van der Waals surface area contributed by atoms with Crippen molar-refractivity contribution < 1.29 is 18.9 Å². The van der Waals surface area contributed by atoms with Gasteiger partial charge >= 0.3 is 5.88 Å². The molecule has 0 aliphatic rings. The highest BCUT2D eigenvalue weighted by molar-refractivity contribution is 5.94. The van der Waals surface area contributed by atoms with Gasteiger partial charge in [-0.3, -0.25) is 14.9 Å². The van der Waals surface area contributed by atoms with Crippen molar-refractivity contribution in [2.45, 2.75) is 0 Å². The van der Waals surface area contributed by atoms with Crippen LogP contribution in [0.15, 0.2) is 45.9 Å². The van der Waals surface area contributed by atoms with Crippen LogP contribution in [0.4, 0.5) is 5.88 Å². The van der Waals surface area contributed by atoms with Crippen molar-refractivity contribution >= 4 is 18.0 Å². The minimum atomic E-state index is -0.659. The molecule has 1 N–H and O–H groups in total. The quantitative estimate of drug-likeness (QED) is 0.514. The van der Waals surface area contributed by atoms with Gasteiger partial charge in [0, 0.05) is 5.56 Å². The summed E-state index contributed by atoms with van der Waals surface area (Å²) < 4.78 is 9.83. The Morgan fingerprint density at radius 1 is 1.33 bits per heavy atom. The fourth-order valence-electron chi connectivity index (χ4n) is 1.47. The van der Waals surface area contributed by atoms with Crippen LogP contribution in [0.3, 0.4) is 0 Å². The first kappa shape index (κ1) is 14.3. The number of benzene rings is 1. The van der Waals surface area contributed by atoms with E-state index in [-0.39, 0.29) is 5.76 Å². The predicted octanol–water partition coefficient (Wildman–Crippen LogP) is 1.96. The predicted molar refractivity (Wildman–Crippen MR) is 73.4 cm³/mol. The number of amides is 1. The Kier molecular flexibility index (Phi) is 4.30. The van der Waals surface area contributed by atoms with Gasteiger partial charge in [0.2, 0.25) is 0 Å². The van der Waals surface area contributed by atoms with Crippen LogP contribution in [0.5, 0.6) is 5.75 Å². The molecule has 21 heavy (non-hydrogen) atoms. The summed E-state index contributed by atoms with van der Waals surface area (Å²) in [4.78, 5) is 21.5. The van der Waals surface area contributed by atoms with Crippen LogP contribution in [0, 0.1) is 10.1 Å². The van der Waals surface area contributed by atoms with Gasteiger partial charge in [0.1, 0.15) is 10.7 Å². The molecule has 0 bridgehead atoms. The van der Waals surface area contributed by atoms with Crippen molar-refractivity contribution in [1.29, 1.82) is 0 Å². The molecule has 0 saturated heterocycles. The summed E-state index contributed by atoms with van der Waals surface area (Å²) in [7, 11) is 1.53. The van der Waals surface area contributed by atoms with E-state index >= 15 is 0 Å². The molecule has 0 aliphatic heterocycles. The Morgan fingerprint density at radius 3 is 2.62 bits per heavy atom. The number of hydrazone groups is 1. The number of furan rings is 1. The van der Waals surface area contributed by atoms with E-state index in [9.17, 15) is 14.9 Å². The molecule has 2 rings (SSSR count). The van der Waals surface area contributed by atoms with Gasteiger partial charge < -0.3 is 9.15 Å². The van der Waals surface area contributed by atoms with Gasteiger partial charge in [-0.05, 0) is 30.3 Å². The van der Waals surface area contributed by atoms with Crippen LogP contribution in [0.25, 0.3) is 0 Å². The summed E-state index contributed by atoms with van der Waals surface area (Å²) in [6.45, 7) is 0. The summed E-state index contributed by atoms with van der Waals surface area (Å²) in [5.74, 6) is -0.0115. The van der Waals surface area contributed by atoms with E-state index < -0.39 is 16.7 Å². The molecule has 0 radical (unpaired) electrons. The number of hydrogen-bond acceptors (Lipinski definition) is 6. The molecule has 108 valence electrons. The molecule has 1 amide bonds. The van der Waals surface area contributed by atoms with Crippen molar-refractivity contribution in [1.82, 2.24) is 5.43 Å². The lowest BCUT2D eigenvalue weighted by molar-refractivity contribution is -0.402. The lowest BCUT2D eigenvalue weighted by Gasteiger charge is -2.01. The zero-order valence-electron chi connectivity index (χ0n) is 11.0. The van der Waals surface area contributed by atoms with E-state index in [1.807, 2.05) is 0 Å². The monoisotopic (exact) mass is 289 g/mol. The first-order chi connectivity index (χ1) is 10.1. The lowest BCUT2D eigenvalue weighted by atomic mass is 10.2. The second kappa shape index (κ2) is 6.33. The number of carbonyl (C=O) groups is 1. The maximum absolute atomic E-state index is 11.7. The zero-order chi connectivity index (χ0) is 15.2. The van der Waals surface area contributed by atoms with Gasteiger partial charge in [-0.25, -0.2) is 5.43 Å². The maximum Gasteiger partial charge on any atom is 0.433 e. The molecule has 8 heteroatoms. The molecule has 0 aliphatic carbocycles. The topological polar surface area (TPSA) is 107 Å². The standard InChI is InChI=1S/C13H11N3O5/c1-20-10-4-2-9(3-5-10)13(17)15-14-8-11-6-7-12(21-11)16(18)19/h2-8H,1H3,(H,15,17)/b14-8+. The highest BCUT2D eigenvalue weighted by atomic mass is 16.6. The highest BCUT2D eigenvalue weighted by Gasteiger charge is 2.10. The van der Waals surface area contributed by atoms with E-state index in [0.717, 1.165) is 0 Å². The summed E-state index contributed by atoms with van der Waals surface area (Å²) in [5.41, 5.74) is 2.68. The Hall–Kier alpha value is -3.16. The normalized spacial score (nSPS) is 10.5. The molecule has 1 aromatic carbocycles. The summed E-state index contributed by atoms with van der Waals surface area (Å²) in [6.07, 6.45) is 1.18. The zero-order valence-corrected chi connectivity index (χ0v) is 11.0. The number of methoxy groups -OCH3 is 1. The first-order valence-electron chi connectivity index (χ1n) is 5.82. The molecule has 1 aromatic heterocycles. The molecule has 2 aromatic rings. The maximum atomic E-state index is 11.7. The summed E-state index contributed by atoms with van der Waals surface area (Å²) in [5, 5.41) is 14.1. The smallest absolute Gasteiger partial charge is 0.433 e. The van der Waals surface area contributed by atoms with Crippen molar-refractivity contribution in [2.24, 2.45) is 5.10 Å². The third-order valence-electron chi connectivity index (χ3n) is 2.50. The van der Waals surface area contributed by atoms with E-state index in [1.165, 1.54) is 25.5 Å². The molecule has 0 fully saturated rings. The van der Waals surface area contributed by atoms with Crippen molar-refractivity contribution in [2.75, 3.05) is 7.11 Å². The Bertz CT molecular complexity index is 675. The average molecular weight is 289 g/mol. The van der Waals surface area contributed by atoms with Gasteiger partial charge in [0.25, 0.3) is 5.91 Å². The van der Waals surface area contributed by atoms with Gasteiger partial charge in [0.15, 0.2) is 5.76 Å². The van der Waals surface area contributed by atoms with Gasteiger partial charge in [-0.2, -0.15) is 5.10 Å². The second-order valence-corrected chi connectivity index (χ2v) is 3.86. The van der Waals surface area contributed by atoms with E-state index in [1.54, 1.807) is 24.3 Å². The lowest BCUT2D eigenvalue weighted by Crippen LogP contribution is -2.17. The average Bonchev–Trinajstić information content (AvgIpc) is 2.96.